The molecule has 3 N–H and O–H groups in total. The molecule has 130 valence electrons. The third-order valence-electron chi connectivity index (χ3n) is 5.16. The molecule has 1 aliphatic rings. The number of halogens is 1. The Morgan fingerprint density at radius 3 is 2.88 bits per heavy atom. The van der Waals surface area contributed by atoms with Crippen LogP contribution < -0.4 is 10.9 Å². The van der Waals surface area contributed by atoms with Gasteiger partial charge in [-0.25, -0.2) is 0 Å². The van der Waals surface area contributed by atoms with E-state index in [-0.39, 0.29) is 11.0 Å². The predicted octanol–water partition coefficient (Wildman–Crippen LogP) is 3.61. The van der Waals surface area contributed by atoms with Crippen LogP contribution in [0.4, 0.5) is 5.95 Å². The van der Waals surface area contributed by atoms with Gasteiger partial charge in [-0.15, -0.1) is 0 Å². The van der Waals surface area contributed by atoms with Crippen molar-refractivity contribution >= 4 is 28.6 Å². The summed E-state index contributed by atoms with van der Waals surface area (Å²) in [4.78, 5) is 19.3. The number of aromatic amines is 2. The van der Waals surface area contributed by atoms with E-state index in [2.05, 4.69) is 37.6 Å². The molecule has 1 aromatic carbocycles. The summed E-state index contributed by atoms with van der Waals surface area (Å²) >= 11 is 6.23. The van der Waals surface area contributed by atoms with Crippen LogP contribution >= 0.6 is 11.6 Å². The van der Waals surface area contributed by atoms with Gasteiger partial charge < -0.3 is 5.32 Å². The Hall–Kier alpha value is -2.34. The Morgan fingerprint density at radius 1 is 1.24 bits per heavy atom. The molecule has 25 heavy (non-hydrogen) atoms. The number of nitrogens with one attached hydrogen (secondary N) is 3. The van der Waals surface area contributed by atoms with Crippen LogP contribution in [0.2, 0.25) is 5.02 Å². The number of rotatable bonds is 4. The highest BCUT2D eigenvalue weighted by Crippen LogP contribution is 2.40. The average molecular weight is 358 g/mol. The standard InChI is InChI=1S/C18H20ClN5O/c19-13-6-4-5-12(9-13)18(7-2-1-3-8-18)11-20-17-22-15-14(10-21-24-15)16(25)23-17/h4-6,9-10H,1-3,7-8,11H2,(H3,20,21,22,23,24,25). The van der Waals surface area contributed by atoms with E-state index in [4.69, 9.17) is 11.6 Å². The largest absolute Gasteiger partial charge is 0.355 e. The normalized spacial score (nSPS) is 16.8. The monoisotopic (exact) mass is 357 g/mol. The van der Waals surface area contributed by atoms with Crippen LogP contribution in [-0.2, 0) is 5.41 Å². The van der Waals surface area contributed by atoms with Crippen molar-refractivity contribution in [3.63, 3.8) is 0 Å². The summed E-state index contributed by atoms with van der Waals surface area (Å²) in [6, 6.07) is 8.11. The molecule has 0 atom stereocenters. The molecular formula is C18H20ClN5O. The molecule has 4 rings (SSSR count). The SMILES string of the molecule is O=c1[nH]c(NCC2(c3cccc(Cl)c3)CCCCC2)nc2[nH]ncc12. The number of nitrogens with zero attached hydrogens (tertiary/aromatic N) is 2. The lowest BCUT2D eigenvalue weighted by Crippen LogP contribution is -2.37. The Kier molecular flexibility index (Phi) is 4.21. The minimum absolute atomic E-state index is 0.00462. The molecule has 7 heteroatoms. The van der Waals surface area contributed by atoms with E-state index < -0.39 is 0 Å². The van der Waals surface area contributed by atoms with E-state index in [0.29, 0.717) is 23.5 Å². The molecule has 2 aromatic heterocycles. The maximum absolute atomic E-state index is 12.1. The second kappa shape index (κ2) is 6.52. The van der Waals surface area contributed by atoms with Gasteiger partial charge in [0.05, 0.1) is 6.20 Å². The minimum atomic E-state index is -0.193. The van der Waals surface area contributed by atoms with Gasteiger partial charge in [-0.3, -0.25) is 14.9 Å². The molecule has 0 aliphatic heterocycles. The topological polar surface area (TPSA) is 86.5 Å². The molecule has 3 aromatic rings. The maximum Gasteiger partial charge on any atom is 0.263 e. The van der Waals surface area contributed by atoms with Crippen LogP contribution in [0.1, 0.15) is 37.7 Å². The summed E-state index contributed by atoms with van der Waals surface area (Å²) in [5.74, 6) is 0.466. The third-order valence-corrected chi connectivity index (χ3v) is 5.40. The maximum atomic E-state index is 12.1. The van der Waals surface area contributed by atoms with Gasteiger partial charge in [0.15, 0.2) is 5.65 Å². The van der Waals surface area contributed by atoms with Crippen molar-refractivity contribution < 1.29 is 0 Å². The zero-order valence-electron chi connectivity index (χ0n) is 13.8. The van der Waals surface area contributed by atoms with Gasteiger partial charge >= 0.3 is 0 Å². The Morgan fingerprint density at radius 2 is 2.08 bits per heavy atom. The fourth-order valence-corrected chi connectivity index (χ4v) is 3.99. The lowest BCUT2D eigenvalue weighted by molar-refractivity contribution is 0.307. The second-order valence-corrected chi connectivity index (χ2v) is 7.19. The van der Waals surface area contributed by atoms with Crippen molar-refractivity contribution in [2.24, 2.45) is 0 Å². The van der Waals surface area contributed by atoms with E-state index in [1.165, 1.54) is 31.0 Å². The van der Waals surface area contributed by atoms with Gasteiger partial charge in [-0.2, -0.15) is 10.1 Å². The first-order valence-electron chi connectivity index (χ1n) is 8.60. The lowest BCUT2D eigenvalue weighted by atomic mass is 9.69. The van der Waals surface area contributed by atoms with Gasteiger partial charge in [-0.05, 0) is 30.5 Å². The van der Waals surface area contributed by atoms with E-state index in [9.17, 15) is 4.79 Å². The van der Waals surface area contributed by atoms with Crippen LogP contribution in [0.5, 0.6) is 0 Å². The smallest absolute Gasteiger partial charge is 0.263 e. The first-order chi connectivity index (χ1) is 12.2. The number of aromatic nitrogens is 4. The Balaban J connectivity index is 1.63. The van der Waals surface area contributed by atoms with E-state index in [1.807, 2.05) is 12.1 Å². The number of H-pyrrole nitrogens is 2. The minimum Gasteiger partial charge on any atom is -0.355 e. The van der Waals surface area contributed by atoms with Gasteiger partial charge in [-0.1, -0.05) is 43.0 Å². The van der Waals surface area contributed by atoms with Gasteiger partial charge in [0, 0.05) is 17.0 Å². The molecule has 0 amide bonds. The van der Waals surface area contributed by atoms with Crippen molar-refractivity contribution in [1.82, 2.24) is 20.2 Å². The summed E-state index contributed by atoms with van der Waals surface area (Å²) in [6.45, 7) is 0.704. The summed E-state index contributed by atoms with van der Waals surface area (Å²) in [5, 5.41) is 11.2. The summed E-state index contributed by atoms with van der Waals surface area (Å²) < 4.78 is 0. The second-order valence-electron chi connectivity index (χ2n) is 6.75. The molecule has 1 fully saturated rings. The molecule has 0 saturated heterocycles. The molecule has 6 nitrogen and oxygen atoms in total. The van der Waals surface area contributed by atoms with E-state index in [0.717, 1.165) is 17.9 Å². The van der Waals surface area contributed by atoms with Crippen LogP contribution in [0, 0.1) is 0 Å². The molecule has 2 heterocycles. The number of hydrogen-bond acceptors (Lipinski definition) is 4. The highest BCUT2D eigenvalue weighted by atomic mass is 35.5. The number of hydrogen-bond donors (Lipinski definition) is 3. The zero-order chi connectivity index (χ0) is 17.3. The fraction of sp³-hybridized carbons (Fsp3) is 0.389. The molecule has 0 radical (unpaired) electrons. The molecule has 0 bridgehead atoms. The average Bonchev–Trinajstić information content (AvgIpc) is 3.10. The molecular weight excluding hydrogens is 338 g/mol. The highest BCUT2D eigenvalue weighted by molar-refractivity contribution is 6.30. The van der Waals surface area contributed by atoms with Crippen molar-refractivity contribution in [3.05, 3.63) is 51.4 Å². The van der Waals surface area contributed by atoms with Crippen LogP contribution in [0.3, 0.4) is 0 Å². The van der Waals surface area contributed by atoms with Gasteiger partial charge in [0.25, 0.3) is 5.56 Å². The molecule has 0 spiro atoms. The van der Waals surface area contributed by atoms with Crippen LogP contribution in [-0.4, -0.2) is 26.7 Å². The first kappa shape index (κ1) is 16.1. The predicted molar refractivity (Wildman–Crippen MR) is 99.2 cm³/mol. The molecule has 1 aliphatic carbocycles. The summed E-state index contributed by atoms with van der Waals surface area (Å²) in [6.07, 6.45) is 7.32. The lowest BCUT2D eigenvalue weighted by Gasteiger charge is -2.38. The quantitative estimate of drug-likeness (QED) is 0.665. The third kappa shape index (κ3) is 3.14. The van der Waals surface area contributed by atoms with Crippen LogP contribution in [0.25, 0.3) is 11.0 Å². The van der Waals surface area contributed by atoms with Crippen molar-refractivity contribution in [1.29, 1.82) is 0 Å². The first-order valence-corrected chi connectivity index (χ1v) is 8.97. The van der Waals surface area contributed by atoms with Crippen LogP contribution in [0.15, 0.2) is 35.3 Å². The summed E-state index contributed by atoms with van der Waals surface area (Å²) in [7, 11) is 0. The van der Waals surface area contributed by atoms with Gasteiger partial charge in [0.1, 0.15) is 5.39 Å². The summed E-state index contributed by atoms with van der Waals surface area (Å²) in [5.41, 5.74) is 1.55. The number of benzene rings is 1. The zero-order valence-corrected chi connectivity index (χ0v) is 14.6. The number of fused-ring (bicyclic) bond motifs is 1. The fourth-order valence-electron chi connectivity index (χ4n) is 3.80. The van der Waals surface area contributed by atoms with E-state index in [1.54, 1.807) is 0 Å². The molecule has 1 saturated carbocycles. The van der Waals surface area contributed by atoms with E-state index >= 15 is 0 Å². The number of anilines is 1. The Labute approximate surface area is 150 Å². The van der Waals surface area contributed by atoms with Crippen molar-refractivity contribution in [2.75, 3.05) is 11.9 Å². The Bertz CT molecular complexity index is 942. The highest BCUT2D eigenvalue weighted by Gasteiger charge is 2.34. The molecule has 0 unspecified atom stereocenters. The van der Waals surface area contributed by atoms with Crippen molar-refractivity contribution in [2.45, 2.75) is 37.5 Å². The van der Waals surface area contributed by atoms with Gasteiger partial charge in [0.2, 0.25) is 5.95 Å². The van der Waals surface area contributed by atoms with Crippen molar-refractivity contribution in [3.8, 4) is 0 Å².